The van der Waals surface area contributed by atoms with Crippen molar-refractivity contribution in [2.45, 2.75) is 106 Å². The number of rotatable bonds is 9. The zero-order chi connectivity index (χ0) is 36.8. The number of fused-ring (bicyclic) bond motifs is 2. The van der Waals surface area contributed by atoms with Crippen molar-refractivity contribution in [3.8, 4) is 0 Å². The van der Waals surface area contributed by atoms with E-state index < -0.39 is 39.3 Å². The first kappa shape index (κ1) is 38.8. The second-order valence-electron chi connectivity index (χ2n) is 14.3. The molecule has 3 amide bonds. The number of alkyl halides is 3. The molecule has 5 rings (SSSR count). The average molecular weight is 795 g/mol. The Kier molecular flexibility index (Phi) is 11.6. The third-order valence-electron chi connectivity index (χ3n) is 8.84. The van der Waals surface area contributed by atoms with E-state index in [0.29, 0.717) is 45.5 Å². The maximum Gasteiger partial charge on any atom is 0.411 e. The summed E-state index contributed by atoms with van der Waals surface area (Å²) >= 11 is 31.5. The summed E-state index contributed by atoms with van der Waals surface area (Å²) in [6.45, 7) is 8.33. The second kappa shape index (κ2) is 14.9. The van der Waals surface area contributed by atoms with Crippen molar-refractivity contribution in [3.05, 3.63) is 56.9 Å². The van der Waals surface area contributed by atoms with Gasteiger partial charge in [0.15, 0.2) is 11.4 Å². The number of ether oxygens (including phenoxy) is 2. The van der Waals surface area contributed by atoms with E-state index in [2.05, 4.69) is 5.16 Å². The molecule has 0 radical (unpaired) electrons. The first-order valence-corrected chi connectivity index (χ1v) is 18.3. The van der Waals surface area contributed by atoms with E-state index in [0.717, 1.165) is 12.8 Å². The predicted octanol–water partition coefficient (Wildman–Crippen LogP) is 7.83. The Morgan fingerprint density at radius 1 is 1.04 bits per heavy atom. The topological polar surface area (TPSA) is 126 Å². The highest BCUT2D eigenvalue weighted by Crippen LogP contribution is 2.45. The Bertz CT molecular complexity index is 1650. The van der Waals surface area contributed by atoms with E-state index in [4.69, 9.17) is 72.0 Å². The number of aliphatic hydroxyl groups excluding tert-OH is 1. The first-order valence-electron chi connectivity index (χ1n) is 16.4. The molecule has 11 nitrogen and oxygen atoms in total. The van der Waals surface area contributed by atoms with Gasteiger partial charge in [-0.15, -0.1) is 0 Å². The van der Waals surface area contributed by atoms with Crippen LogP contribution >= 0.6 is 58.0 Å². The fraction of sp³-hybridized carbons (Fsp3) is 0.588. The van der Waals surface area contributed by atoms with Crippen LogP contribution in [0.15, 0.2) is 34.4 Å². The molecular formula is C34H41Cl5N4O7. The maximum absolute atomic E-state index is 15.1. The number of benzene rings is 1. The molecule has 1 aliphatic carbocycles. The van der Waals surface area contributed by atoms with Crippen molar-refractivity contribution >= 4 is 81.7 Å². The molecule has 1 aromatic heterocycles. The number of amides is 3. The van der Waals surface area contributed by atoms with Gasteiger partial charge in [-0.05, 0) is 78.4 Å². The number of aryl methyl sites for hydroxylation is 1. The van der Waals surface area contributed by atoms with Crippen LogP contribution in [-0.4, -0.2) is 95.9 Å². The van der Waals surface area contributed by atoms with Gasteiger partial charge in [-0.25, -0.2) is 9.59 Å². The molecule has 0 spiro atoms. The molecule has 2 aromatic rings. The summed E-state index contributed by atoms with van der Waals surface area (Å²) in [7, 11) is 0. The van der Waals surface area contributed by atoms with E-state index in [1.807, 2.05) is 0 Å². The molecule has 2 bridgehead atoms. The lowest BCUT2D eigenvalue weighted by atomic mass is 9.83. The van der Waals surface area contributed by atoms with Gasteiger partial charge in [0, 0.05) is 49.5 Å². The summed E-state index contributed by atoms with van der Waals surface area (Å²) in [5, 5.41) is 14.3. The van der Waals surface area contributed by atoms with Crippen molar-refractivity contribution in [2.75, 3.05) is 19.7 Å². The standard InChI is InChI=1S/C34H41Cl5N4O7/c1-32(2,3)48-30(46)41-17-22-15-23(26-14-20(40-50-26)9-7-13-44)27(25(18-41)43(22)31(47)49-33(4,5)34(37,38)39)29(45)42(21-11-12-21)16-19-8-6-10-24(35)28(19)36/h6,8,10,14,21-22,25,44H,7,9,11-13,15-18H2,1-5H3. The van der Waals surface area contributed by atoms with Gasteiger partial charge in [-0.3, -0.25) is 9.69 Å². The van der Waals surface area contributed by atoms with Gasteiger partial charge >= 0.3 is 12.2 Å². The van der Waals surface area contributed by atoms with Crippen LogP contribution in [0.25, 0.3) is 5.57 Å². The summed E-state index contributed by atoms with van der Waals surface area (Å²) in [4.78, 5) is 47.4. The van der Waals surface area contributed by atoms with Crippen LogP contribution in [0.5, 0.6) is 0 Å². The summed E-state index contributed by atoms with van der Waals surface area (Å²) in [5.41, 5.74) is -0.319. The van der Waals surface area contributed by atoms with Gasteiger partial charge in [0.05, 0.1) is 27.8 Å². The Morgan fingerprint density at radius 3 is 2.36 bits per heavy atom. The van der Waals surface area contributed by atoms with Crippen LogP contribution in [0.4, 0.5) is 9.59 Å². The van der Waals surface area contributed by atoms with Crippen LogP contribution in [0.3, 0.4) is 0 Å². The number of hydrogen-bond acceptors (Lipinski definition) is 8. The second-order valence-corrected chi connectivity index (χ2v) is 17.4. The summed E-state index contributed by atoms with van der Waals surface area (Å²) in [6, 6.07) is 5.18. The molecule has 2 fully saturated rings. The van der Waals surface area contributed by atoms with Gasteiger partial charge in [0.1, 0.15) is 5.60 Å². The number of aliphatic hydroxyl groups is 1. The van der Waals surface area contributed by atoms with Crippen molar-refractivity contribution < 1.29 is 33.5 Å². The quantitative estimate of drug-likeness (QED) is 0.255. The third kappa shape index (κ3) is 8.61. The summed E-state index contributed by atoms with van der Waals surface area (Å²) < 4.78 is 15.4. The molecule has 1 saturated carbocycles. The van der Waals surface area contributed by atoms with E-state index in [1.54, 1.807) is 49.9 Å². The average Bonchev–Trinajstić information content (AvgIpc) is 3.74. The van der Waals surface area contributed by atoms with Crippen LogP contribution < -0.4 is 0 Å². The number of nitrogens with zero attached hydrogens (tertiary/aromatic N) is 4. The Labute approximate surface area is 316 Å². The number of aromatic nitrogens is 1. The molecule has 1 saturated heterocycles. The van der Waals surface area contributed by atoms with Crippen molar-refractivity contribution in [3.63, 3.8) is 0 Å². The zero-order valence-corrected chi connectivity index (χ0v) is 32.3. The lowest BCUT2D eigenvalue weighted by Gasteiger charge is -2.51. The largest absolute Gasteiger partial charge is 0.444 e. The lowest BCUT2D eigenvalue weighted by molar-refractivity contribution is -0.129. The minimum absolute atomic E-state index is 0.0245. The molecule has 16 heteroatoms. The zero-order valence-electron chi connectivity index (χ0n) is 28.5. The molecule has 3 heterocycles. The number of carbonyl (C=O) groups excluding carboxylic acids is 3. The van der Waals surface area contributed by atoms with E-state index in [9.17, 15) is 14.7 Å². The van der Waals surface area contributed by atoms with E-state index >= 15 is 4.79 Å². The van der Waals surface area contributed by atoms with Gasteiger partial charge in [-0.1, -0.05) is 75.3 Å². The van der Waals surface area contributed by atoms with Crippen LogP contribution in [0, 0.1) is 0 Å². The normalized spacial score (nSPS) is 19.8. The molecule has 1 N–H and O–H groups in total. The van der Waals surface area contributed by atoms with Crippen LogP contribution in [0.1, 0.15) is 77.3 Å². The third-order valence-corrected chi connectivity index (χ3v) is 11.1. The molecule has 274 valence electrons. The predicted molar refractivity (Wildman–Crippen MR) is 192 cm³/mol. The van der Waals surface area contributed by atoms with Crippen molar-refractivity contribution in [1.82, 2.24) is 19.9 Å². The number of carbonyl (C=O) groups is 3. The Hall–Kier alpha value is -2.41. The van der Waals surface area contributed by atoms with Gasteiger partial charge in [0.2, 0.25) is 3.79 Å². The van der Waals surface area contributed by atoms with E-state index in [-0.39, 0.29) is 50.2 Å². The molecule has 50 heavy (non-hydrogen) atoms. The molecule has 2 atom stereocenters. The van der Waals surface area contributed by atoms with Gasteiger partial charge < -0.3 is 28.9 Å². The number of piperazine rings is 1. The molecular weight excluding hydrogens is 754 g/mol. The maximum atomic E-state index is 15.1. The Balaban J connectivity index is 1.64. The smallest absolute Gasteiger partial charge is 0.411 e. The highest BCUT2D eigenvalue weighted by Gasteiger charge is 2.53. The van der Waals surface area contributed by atoms with Crippen LogP contribution in [-0.2, 0) is 27.2 Å². The SMILES string of the molecule is CC(C)(C)OC(=O)N1CC2CC(c3cc(CCCO)no3)=C(C(=O)N(Cc3cccc(Cl)c3Cl)C3CC3)C(C1)N2C(=O)OC(C)(C)C(Cl)(Cl)Cl. The van der Waals surface area contributed by atoms with Gasteiger partial charge in [0.25, 0.3) is 5.91 Å². The number of halogens is 5. The van der Waals surface area contributed by atoms with Crippen LogP contribution in [0.2, 0.25) is 10.0 Å². The van der Waals surface area contributed by atoms with E-state index in [1.165, 1.54) is 23.6 Å². The minimum Gasteiger partial charge on any atom is -0.444 e. The number of hydrogen-bond donors (Lipinski definition) is 1. The molecule has 2 aliphatic heterocycles. The highest BCUT2D eigenvalue weighted by molar-refractivity contribution is 6.68. The van der Waals surface area contributed by atoms with Crippen molar-refractivity contribution in [1.29, 1.82) is 0 Å². The fourth-order valence-corrected chi connectivity index (χ4v) is 6.58. The molecule has 1 aromatic carbocycles. The Morgan fingerprint density at radius 2 is 1.74 bits per heavy atom. The summed E-state index contributed by atoms with van der Waals surface area (Å²) in [5.74, 6) is -0.0204. The highest BCUT2D eigenvalue weighted by atomic mass is 35.6. The fourth-order valence-electron chi connectivity index (χ4n) is 6.09. The minimum atomic E-state index is -1.97. The lowest BCUT2D eigenvalue weighted by Crippen LogP contribution is -2.66. The first-order chi connectivity index (χ1) is 23.3. The summed E-state index contributed by atoms with van der Waals surface area (Å²) in [6.07, 6.45) is 1.16. The molecule has 2 unspecified atom stereocenters. The monoisotopic (exact) mass is 792 g/mol. The molecule has 3 aliphatic rings. The van der Waals surface area contributed by atoms with Gasteiger partial charge in [-0.2, -0.15) is 0 Å². The van der Waals surface area contributed by atoms with Crippen molar-refractivity contribution in [2.24, 2.45) is 0 Å².